The molecule has 0 unspecified atom stereocenters. The van der Waals surface area contributed by atoms with Crippen LogP contribution in [-0.2, 0) is 16.1 Å². The standard InChI is InChI=1S/C25H33N3O7/c1-6-21(25(30)26-14-17(2)3)27(15-18-8-7-9-19(12-18)33-4)24(29)16-35-20-10-11-22(28(31)32)23(13-20)34-5/h7-13,17,21H,6,14-16H2,1-5H3,(H,26,30)/t21-/m1/s1. The molecular formula is C25H33N3O7. The van der Waals surface area contributed by atoms with E-state index in [1.807, 2.05) is 32.9 Å². The van der Waals surface area contributed by atoms with Crippen LogP contribution in [0.1, 0.15) is 32.8 Å². The maximum absolute atomic E-state index is 13.3. The van der Waals surface area contributed by atoms with E-state index in [1.54, 1.807) is 19.2 Å². The third-order valence-electron chi connectivity index (χ3n) is 5.27. The molecule has 10 heteroatoms. The highest BCUT2D eigenvalue weighted by Crippen LogP contribution is 2.30. The molecule has 190 valence electrons. The number of benzene rings is 2. The summed E-state index contributed by atoms with van der Waals surface area (Å²) in [6, 6.07) is 10.6. The van der Waals surface area contributed by atoms with Gasteiger partial charge in [-0.05, 0) is 36.1 Å². The molecule has 2 amide bonds. The summed E-state index contributed by atoms with van der Waals surface area (Å²) in [6.07, 6.45) is 0.408. The SMILES string of the molecule is CC[C@H](C(=O)NCC(C)C)N(Cc1cccc(OC)c1)C(=O)COc1ccc([N+](=O)[O-])c(OC)c1. The molecule has 0 spiro atoms. The average Bonchev–Trinajstić information content (AvgIpc) is 2.85. The monoisotopic (exact) mass is 487 g/mol. The molecule has 2 aromatic rings. The molecule has 10 nitrogen and oxygen atoms in total. The van der Waals surface area contributed by atoms with E-state index in [1.165, 1.54) is 30.2 Å². The molecule has 1 N–H and O–H groups in total. The fraction of sp³-hybridized carbons (Fsp3) is 0.440. The summed E-state index contributed by atoms with van der Waals surface area (Å²) in [5, 5.41) is 14.0. The number of hydrogen-bond acceptors (Lipinski definition) is 7. The number of rotatable bonds is 13. The summed E-state index contributed by atoms with van der Waals surface area (Å²) in [7, 11) is 2.87. The summed E-state index contributed by atoms with van der Waals surface area (Å²) in [4.78, 5) is 38.3. The van der Waals surface area contributed by atoms with E-state index in [9.17, 15) is 19.7 Å². The minimum atomic E-state index is -0.706. The summed E-state index contributed by atoms with van der Waals surface area (Å²) >= 11 is 0. The second kappa shape index (κ2) is 13.2. The van der Waals surface area contributed by atoms with Crippen LogP contribution in [0.2, 0.25) is 0 Å². The predicted molar refractivity (Wildman–Crippen MR) is 131 cm³/mol. The Hall–Kier alpha value is -3.82. The van der Waals surface area contributed by atoms with Crippen molar-refractivity contribution in [2.75, 3.05) is 27.4 Å². The molecular weight excluding hydrogens is 454 g/mol. The quantitative estimate of drug-likeness (QED) is 0.339. The Bertz CT molecular complexity index is 1030. The number of methoxy groups -OCH3 is 2. The molecule has 0 aliphatic heterocycles. The molecule has 0 saturated heterocycles. The molecule has 0 aliphatic carbocycles. The smallest absolute Gasteiger partial charge is 0.311 e. The van der Waals surface area contributed by atoms with Crippen molar-refractivity contribution in [1.29, 1.82) is 0 Å². The molecule has 2 aromatic carbocycles. The van der Waals surface area contributed by atoms with Crippen LogP contribution in [0.4, 0.5) is 5.69 Å². The lowest BCUT2D eigenvalue weighted by molar-refractivity contribution is -0.385. The van der Waals surface area contributed by atoms with Crippen molar-refractivity contribution >= 4 is 17.5 Å². The van der Waals surface area contributed by atoms with Gasteiger partial charge in [-0.3, -0.25) is 19.7 Å². The van der Waals surface area contributed by atoms with Crippen molar-refractivity contribution in [3.63, 3.8) is 0 Å². The van der Waals surface area contributed by atoms with Crippen LogP contribution in [0.15, 0.2) is 42.5 Å². The van der Waals surface area contributed by atoms with Crippen LogP contribution in [0.3, 0.4) is 0 Å². The topological polar surface area (TPSA) is 120 Å². The lowest BCUT2D eigenvalue weighted by Crippen LogP contribution is -2.50. The van der Waals surface area contributed by atoms with E-state index in [-0.39, 0.29) is 42.2 Å². The number of nitro groups is 1. The van der Waals surface area contributed by atoms with Crippen molar-refractivity contribution in [2.45, 2.75) is 39.8 Å². The Labute approximate surface area is 205 Å². The Kier molecular flexibility index (Phi) is 10.3. The molecule has 35 heavy (non-hydrogen) atoms. The highest BCUT2D eigenvalue weighted by atomic mass is 16.6. The first-order chi connectivity index (χ1) is 16.7. The van der Waals surface area contributed by atoms with Gasteiger partial charge in [0.1, 0.15) is 17.5 Å². The maximum Gasteiger partial charge on any atom is 0.311 e. The van der Waals surface area contributed by atoms with E-state index >= 15 is 0 Å². The highest BCUT2D eigenvalue weighted by molar-refractivity contribution is 5.88. The van der Waals surface area contributed by atoms with Crippen molar-refractivity contribution < 1.29 is 28.7 Å². The van der Waals surface area contributed by atoms with E-state index in [2.05, 4.69) is 5.32 Å². The van der Waals surface area contributed by atoms with Gasteiger partial charge in [-0.1, -0.05) is 32.9 Å². The third kappa shape index (κ3) is 7.87. The molecule has 0 heterocycles. The van der Waals surface area contributed by atoms with Crippen molar-refractivity contribution in [1.82, 2.24) is 10.2 Å². The average molecular weight is 488 g/mol. The van der Waals surface area contributed by atoms with Gasteiger partial charge in [0.25, 0.3) is 5.91 Å². The Balaban J connectivity index is 2.26. The Morgan fingerprint density at radius 3 is 2.43 bits per heavy atom. The summed E-state index contributed by atoms with van der Waals surface area (Å²) in [5.41, 5.74) is 0.587. The third-order valence-corrected chi connectivity index (χ3v) is 5.27. The van der Waals surface area contributed by atoms with Crippen molar-refractivity contribution in [2.24, 2.45) is 5.92 Å². The van der Waals surface area contributed by atoms with Gasteiger partial charge in [-0.15, -0.1) is 0 Å². The van der Waals surface area contributed by atoms with Crippen LogP contribution in [-0.4, -0.2) is 55.1 Å². The molecule has 0 saturated carbocycles. The highest BCUT2D eigenvalue weighted by Gasteiger charge is 2.29. The Morgan fingerprint density at radius 1 is 1.09 bits per heavy atom. The summed E-state index contributed by atoms with van der Waals surface area (Å²) in [5.74, 6) is 0.513. The summed E-state index contributed by atoms with van der Waals surface area (Å²) in [6.45, 7) is 6.14. The molecule has 1 atom stereocenters. The van der Waals surface area contributed by atoms with Gasteiger partial charge in [-0.25, -0.2) is 0 Å². The fourth-order valence-corrected chi connectivity index (χ4v) is 3.44. The normalized spacial score (nSPS) is 11.5. The van der Waals surface area contributed by atoms with Gasteiger partial charge in [0.2, 0.25) is 11.7 Å². The lowest BCUT2D eigenvalue weighted by atomic mass is 10.1. The predicted octanol–water partition coefficient (Wildman–Crippen LogP) is 3.57. The van der Waals surface area contributed by atoms with Crippen molar-refractivity contribution in [3.8, 4) is 17.2 Å². The molecule has 0 bridgehead atoms. The van der Waals surface area contributed by atoms with E-state index in [4.69, 9.17) is 14.2 Å². The largest absolute Gasteiger partial charge is 0.497 e. The summed E-state index contributed by atoms with van der Waals surface area (Å²) < 4.78 is 16.0. The van der Waals surface area contributed by atoms with Crippen LogP contribution >= 0.6 is 0 Å². The second-order valence-electron chi connectivity index (χ2n) is 8.32. The number of nitro benzene ring substituents is 1. The number of hydrogen-bond donors (Lipinski definition) is 1. The van der Waals surface area contributed by atoms with Gasteiger partial charge >= 0.3 is 5.69 Å². The molecule has 0 radical (unpaired) electrons. The van der Waals surface area contributed by atoms with E-state index < -0.39 is 16.9 Å². The molecule has 0 fully saturated rings. The minimum Gasteiger partial charge on any atom is -0.497 e. The van der Waals surface area contributed by atoms with Gasteiger partial charge in [-0.2, -0.15) is 0 Å². The van der Waals surface area contributed by atoms with Crippen LogP contribution < -0.4 is 19.5 Å². The van der Waals surface area contributed by atoms with Crippen molar-refractivity contribution in [3.05, 3.63) is 58.1 Å². The van der Waals surface area contributed by atoms with E-state index in [0.717, 1.165) is 5.56 Å². The van der Waals surface area contributed by atoms with E-state index in [0.29, 0.717) is 18.7 Å². The number of amides is 2. The van der Waals surface area contributed by atoms with Crippen LogP contribution in [0.25, 0.3) is 0 Å². The number of nitrogens with one attached hydrogen (secondary N) is 1. The van der Waals surface area contributed by atoms with Crippen LogP contribution in [0, 0.1) is 16.0 Å². The van der Waals surface area contributed by atoms with Gasteiger partial charge < -0.3 is 24.4 Å². The number of carbonyl (C=O) groups is 2. The van der Waals surface area contributed by atoms with Gasteiger partial charge in [0.15, 0.2) is 6.61 Å². The first-order valence-corrected chi connectivity index (χ1v) is 11.3. The molecule has 2 rings (SSSR count). The number of carbonyl (C=O) groups excluding carboxylic acids is 2. The molecule has 0 aliphatic rings. The number of nitrogens with zero attached hydrogens (tertiary/aromatic N) is 2. The lowest BCUT2D eigenvalue weighted by Gasteiger charge is -2.31. The van der Waals surface area contributed by atoms with Crippen LogP contribution in [0.5, 0.6) is 17.2 Å². The maximum atomic E-state index is 13.3. The fourth-order valence-electron chi connectivity index (χ4n) is 3.44. The Morgan fingerprint density at radius 2 is 1.83 bits per heavy atom. The zero-order chi connectivity index (χ0) is 26.0. The van der Waals surface area contributed by atoms with Gasteiger partial charge in [0, 0.05) is 25.2 Å². The first kappa shape index (κ1) is 27.4. The number of ether oxygens (including phenoxy) is 3. The van der Waals surface area contributed by atoms with Gasteiger partial charge in [0.05, 0.1) is 19.1 Å². The molecule has 0 aromatic heterocycles. The second-order valence-corrected chi connectivity index (χ2v) is 8.32. The zero-order valence-electron chi connectivity index (χ0n) is 20.8. The first-order valence-electron chi connectivity index (χ1n) is 11.3. The minimum absolute atomic E-state index is 0.0210. The zero-order valence-corrected chi connectivity index (χ0v) is 20.8.